The van der Waals surface area contributed by atoms with Crippen molar-refractivity contribution in [1.82, 2.24) is 0 Å². The number of hydrogen-bond acceptors (Lipinski definition) is 2. The summed E-state index contributed by atoms with van der Waals surface area (Å²) in [5.74, 6) is -1.94. The number of aromatic carboxylic acids is 1. The zero-order valence-corrected chi connectivity index (χ0v) is 12.6. The average Bonchev–Trinajstić information content (AvgIpc) is 2.48. The molecule has 6 heteroatoms. The molecule has 0 heterocycles. The van der Waals surface area contributed by atoms with Crippen LogP contribution in [0.2, 0.25) is 0 Å². The quantitative estimate of drug-likeness (QED) is 0.919. The fourth-order valence-corrected chi connectivity index (χ4v) is 2.20. The van der Waals surface area contributed by atoms with Crippen LogP contribution in [0.4, 0.5) is 10.1 Å². The van der Waals surface area contributed by atoms with Crippen LogP contribution in [0.5, 0.6) is 0 Å². The molecule has 0 spiro atoms. The molecule has 0 atom stereocenters. The summed E-state index contributed by atoms with van der Waals surface area (Å²) < 4.78 is 13.7. The first-order valence-corrected chi connectivity index (χ1v) is 6.76. The first-order chi connectivity index (χ1) is 9.90. The van der Waals surface area contributed by atoms with Crippen LogP contribution in [0.1, 0.15) is 20.7 Å². The van der Waals surface area contributed by atoms with E-state index in [1.807, 2.05) is 0 Å². The van der Waals surface area contributed by atoms with E-state index in [1.165, 1.54) is 48.3 Å². The van der Waals surface area contributed by atoms with Crippen LogP contribution in [0, 0.1) is 5.82 Å². The fourth-order valence-electron chi connectivity index (χ4n) is 1.79. The van der Waals surface area contributed by atoms with Crippen molar-refractivity contribution in [2.45, 2.75) is 0 Å². The SMILES string of the molecule is CN(C(=O)c1cc(F)ccc1Br)c1ccc(C(=O)O)cc1. The molecule has 0 aromatic heterocycles. The van der Waals surface area contributed by atoms with Gasteiger partial charge in [0.2, 0.25) is 0 Å². The number of nitrogens with zero attached hydrogens (tertiary/aromatic N) is 1. The third kappa shape index (κ3) is 3.28. The van der Waals surface area contributed by atoms with Gasteiger partial charge in [-0.05, 0) is 58.4 Å². The number of amides is 1. The predicted octanol–water partition coefficient (Wildman–Crippen LogP) is 3.56. The lowest BCUT2D eigenvalue weighted by atomic mass is 10.1. The Morgan fingerprint density at radius 1 is 1.14 bits per heavy atom. The Balaban J connectivity index is 2.30. The molecule has 2 aromatic rings. The Bertz CT molecular complexity index is 701. The highest BCUT2D eigenvalue weighted by Crippen LogP contribution is 2.22. The Labute approximate surface area is 128 Å². The summed E-state index contributed by atoms with van der Waals surface area (Å²) in [7, 11) is 1.54. The predicted molar refractivity (Wildman–Crippen MR) is 80.2 cm³/mol. The highest BCUT2D eigenvalue weighted by atomic mass is 79.9. The van der Waals surface area contributed by atoms with Crippen LogP contribution in [-0.2, 0) is 0 Å². The second-order valence-corrected chi connectivity index (χ2v) is 5.19. The lowest BCUT2D eigenvalue weighted by Crippen LogP contribution is -2.26. The normalized spacial score (nSPS) is 10.2. The number of carboxylic acid groups (broad SMARTS) is 1. The molecule has 0 unspecified atom stereocenters. The minimum atomic E-state index is -1.04. The zero-order chi connectivity index (χ0) is 15.6. The second kappa shape index (κ2) is 6.05. The van der Waals surface area contributed by atoms with Gasteiger partial charge in [0.1, 0.15) is 5.82 Å². The van der Waals surface area contributed by atoms with Crippen LogP contribution in [0.25, 0.3) is 0 Å². The second-order valence-electron chi connectivity index (χ2n) is 4.34. The Morgan fingerprint density at radius 3 is 2.33 bits per heavy atom. The van der Waals surface area contributed by atoms with E-state index in [9.17, 15) is 14.0 Å². The van der Waals surface area contributed by atoms with Gasteiger partial charge < -0.3 is 10.0 Å². The van der Waals surface area contributed by atoms with E-state index in [2.05, 4.69) is 15.9 Å². The van der Waals surface area contributed by atoms with Gasteiger partial charge in [0.05, 0.1) is 11.1 Å². The van der Waals surface area contributed by atoms with Crippen LogP contribution >= 0.6 is 15.9 Å². The van der Waals surface area contributed by atoms with E-state index in [0.717, 1.165) is 6.07 Å². The summed E-state index contributed by atoms with van der Waals surface area (Å²) in [6.07, 6.45) is 0. The van der Waals surface area contributed by atoms with Gasteiger partial charge >= 0.3 is 5.97 Å². The van der Waals surface area contributed by atoms with E-state index < -0.39 is 17.7 Å². The number of halogens is 2. The largest absolute Gasteiger partial charge is 0.478 e. The maximum atomic E-state index is 13.3. The molecule has 21 heavy (non-hydrogen) atoms. The van der Waals surface area contributed by atoms with E-state index in [0.29, 0.717) is 10.2 Å². The third-order valence-electron chi connectivity index (χ3n) is 2.97. The summed E-state index contributed by atoms with van der Waals surface area (Å²) in [4.78, 5) is 24.5. The Hall–Kier alpha value is -2.21. The number of carbonyl (C=O) groups is 2. The van der Waals surface area contributed by atoms with Crippen molar-refractivity contribution in [2.75, 3.05) is 11.9 Å². The highest BCUT2D eigenvalue weighted by Gasteiger charge is 2.17. The number of rotatable bonds is 3. The number of anilines is 1. The number of carbonyl (C=O) groups excluding carboxylic acids is 1. The maximum absolute atomic E-state index is 13.3. The number of carboxylic acids is 1. The maximum Gasteiger partial charge on any atom is 0.335 e. The van der Waals surface area contributed by atoms with Gasteiger partial charge in [0.25, 0.3) is 5.91 Å². The molecule has 0 saturated heterocycles. The Morgan fingerprint density at radius 2 is 1.76 bits per heavy atom. The van der Waals surface area contributed by atoms with E-state index in [-0.39, 0.29) is 11.1 Å². The topological polar surface area (TPSA) is 57.6 Å². The van der Waals surface area contributed by atoms with Crippen molar-refractivity contribution in [3.8, 4) is 0 Å². The van der Waals surface area contributed by atoms with Gasteiger partial charge in [-0.15, -0.1) is 0 Å². The molecule has 0 aliphatic carbocycles. The first-order valence-electron chi connectivity index (χ1n) is 5.96. The standard InChI is InChI=1S/C15H11BrFNO3/c1-18(11-5-2-9(3-6-11)15(20)21)14(19)12-8-10(17)4-7-13(12)16/h2-8H,1H3,(H,20,21). The van der Waals surface area contributed by atoms with Crippen LogP contribution < -0.4 is 4.90 Å². The summed E-state index contributed by atoms with van der Waals surface area (Å²) >= 11 is 3.21. The van der Waals surface area contributed by atoms with Gasteiger partial charge in [-0.3, -0.25) is 4.79 Å². The lowest BCUT2D eigenvalue weighted by Gasteiger charge is -2.18. The van der Waals surface area contributed by atoms with Gasteiger partial charge in [-0.1, -0.05) is 0 Å². The minimum absolute atomic E-state index is 0.131. The molecule has 1 amide bonds. The van der Waals surface area contributed by atoms with Gasteiger partial charge in [0, 0.05) is 17.2 Å². The third-order valence-corrected chi connectivity index (χ3v) is 3.66. The van der Waals surface area contributed by atoms with Crippen LogP contribution in [0.3, 0.4) is 0 Å². The molecule has 1 N–H and O–H groups in total. The molecule has 0 aliphatic heterocycles. The van der Waals surface area contributed by atoms with Crippen LogP contribution in [0.15, 0.2) is 46.9 Å². The molecule has 2 rings (SSSR count). The molecule has 0 radical (unpaired) electrons. The molecule has 0 saturated carbocycles. The average molecular weight is 352 g/mol. The highest BCUT2D eigenvalue weighted by molar-refractivity contribution is 9.10. The van der Waals surface area contributed by atoms with E-state index in [1.54, 1.807) is 0 Å². The molecule has 0 aliphatic rings. The van der Waals surface area contributed by atoms with Crippen molar-refractivity contribution in [3.63, 3.8) is 0 Å². The molecule has 2 aromatic carbocycles. The van der Waals surface area contributed by atoms with E-state index >= 15 is 0 Å². The van der Waals surface area contributed by atoms with E-state index in [4.69, 9.17) is 5.11 Å². The monoisotopic (exact) mass is 351 g/mol. The number of hydrogen-bond donors (Lipinski definition) is 1. The molecular weight excluding hydrogens is 341 g/mol. The minimum Gasteiger partial charge on any atom is -0.478 e. The van der Waals surface area contributed by atoms with Crippen molar-refractivity contribution < 1.29 is 19.1 Å². The fraction of sp³-hybridized carbons (Fsp3) is 0.0667. The van der Waals surface area contributed by atoms with Crippen LogP contribution in [-0.4, -0.2) is 24.0 Å². The summed E-state index contributed by atoms with van der Waals surface area (Å²) in [6, 6.07) is 9.72. The van der Waals surface area contributed by atoms with Gasteiger partial charge in [-0.25, -0.2) is 9.18 Å². The summed E-state index contributed by atoms with van der Waals surface area (Å²) in [6.45, 7) is 0. The molecule has 4 nitrogen and oxygen atoms in total. The van der Waals surface area contributed by atoms with Crippen molar-refractivity contribution in [3.05, 3.63) is 63.9 Å². The first kappa shape index (κ1) is 15.2. The number of benzene rings is 2. The zero-order valence-electron chi connectivity index (χ0n) is 11.0. The van der Waals surface area contributed by atoms with Gasteiger partial charge in [-0.2, -0.15) is 0 Å². The van der Waals surface area contributed by atoms with Crippen molar-refractivity contribution in [1.29, 1.82) is 0 Å². The van der Waals surface area contributed by atoms with Gasteiger partial charge in [0.15, 0.2) is 0 Å². The summed E-state index contributed by atoms with van der Waals surface area (Å²) in [5.41, 5.74) is 0.840. The van der Waals surface area contributed by atoms with Crippen molar-refractivity contribution >= 4 is 33.5 Å². The molecule has 0 fully saturated rings. The Kier molecular flexibility index (Phi) is 4.37. The molecule has 108 valence electrons. The molecular formula is C15H11BrFNO3. The van der Waals surface area contributed by atoms with Crippen molar-refractivity contribution in [2.24, 2.45) is 0 Å². The smallest absolute Gasteiger partial charge is 0.335 e. The lowest BCUT2D eigenvalue weighted by molar-refractivity contribution is 0.0696. The summed E-state index contributed by atoms with van der Waals surface area (Å²) in [5, 5.41) is 8.84. The molecule has 0 bridgehead atoms.